The fourth-order valence-corrected chi connectivity index (χ4v) is 9.45. The topological polar surface area (TPSA) is 82.9 Å². The number of nitrogens with zero attached hydrogens (tertiary/aromatic N) is 7. The maximum absolute atomic E-state index is 14.6. The number of hydrogen-bond donors (Lipinski definition) is 0. The van der Waals surface area contributed by atoms with E-state index in [-0.39, 0.29) is 5.56 Å². The molecule has 8 aromatic carbocycles. The predicted octanol–water partition coefficient (Wildman–Crippen LogP) is 12.4. The molecule has 5 heterocycles. The van der Waals surface area contributed by atoms with Crippen LogP contribution in [0, 0.1) is 0 Å². The van der Waals surface area contributed by atoms with Crippen LogP contribution in [0.2, 0.25) is 0 Å². The lowest BCUT2D eigenvalue weighted by Crippen LogP contribution is -2.21. The third-order valence-electron chi connectivity index (χ3n) is 12.3. The first-order chi connectivity index (χ1) is 31.2. The van der Waals surface area contributed by atoms with Gasteiger partial charge in [-0.2, -0.15) is 9.97 Å². The summed E-state index contributed by atoms with van der Waals surface area (Å²) < 4.78 is 6.18. The van der Waals surface area contributed by atoms with E-state index >= 15 is 0 Å². The molecular formula is C55H33N7O. The molecule has 0 amide bonds. The van der Waals surface area contributed by atoms with Crippen LogP contribution in [0.4, 0.5) is 0 Å². The van der Waals surface area contributed by atoms with Gasteiger partial charge in [0.05, 0.1) is 27.8 Å². The van der Waals surface area contributed by atoms with E-state index in [0.29, 0.717) is 23.0 Å². The van der Waals surface area contributed by atoms with Crippen molar-refractivity contribution in [3.8, 4) is 45.5 Å². The summed E-state index contributed by atoms with van der Waals surface area (Å²) in [5, 5.41) is 6.83. The summed E-state index contributed by atoms with van der Waals surface area (Å²) in [7, 11) is 0. The van der Waals surface area contributed by atoms with E-state index in [1.165, 1.54) is 0 Å². The SMILES string of the molecule is O=c1c2ccccc2c2c3ccccc3c3nc4cc(-c5ccc6c(c5)c5ccccc5n6-c5nc(-c6ccccc6)nc(-c6ccccc6)n5)ccc4n3c2n1-c1ccccc1. The van der Waals surface area contributed by atoms with E-state index in [9.17, 15) is 4.79 Å². The minimum atomic E-state index is -0.0726. The third-order valence-corrected chi connectivity index (χ3v) is 12.3. The number of fused-ring (bicyclic) bond motifs is 13. The summed E-state index contributed by atoms with van der Waals surface area (Å²) in [6.45, 7) is 0. The van der Waals surface area contributed by atoms with Gasteiger partial charge in [-0.15, -0.1) is 0 Å². The van der Waals surface area contributed by atoms with Gasteiger partial charge in [-0.1, -0.05) is 152 Å². The molecule has 0 aliphatic heterocycles. The predicted molar refractivity (Wildman–Crippen MR) is 255 cm³/mol. The normalized spacial score (nSPS) is 11.9. The van der Waals surface area contributed by atoms with Crippen LogP contribution in [0.15, 0.2) is 205 Å². The molecule has 5 aromatic heterocycles. The van der Waals surface area contributed by atoms with Gasteiger partial charge in [-0.05, 0) is 70.4 Å². The zero-order chi connectivity index (χ0) is 41.6. The molecular weight excluding hydrogens is 775 g/mol. The summed E-state index contributed by atoms with van der Waals surface area (Å²) in [6, 6.07) is 67.8. The Morgan fingerprint density at radius 3 is 1.57 bits per heavy atom. The molecule has 294 valence electrons. The Morgan fingerprint density at radius 1 is 0.365 bits per heavy atom. The number of para-hydroxylation sites is 2. The van der Waals surface area contributed by atoms with Gasteiger partial charge in [0, 0.05) is 38.1 Å². The van der Waals surface area contributed by atoms with Crippen molar-refractivity contribution in [1.82, 2.24) is 33.5 Å². The number of hydrogen-bond acceptors (Lipinski definition) is 5. The van der Waals surface area contributed by atoms with Crippen molar-refractivity contribution in [2.24, 2.45) is 0 Å². The summed E-state index contributed by atoms with van der Waals surface area (Å²) in [5.41, 5.74) is 9.96. The van der Waals surface area contributed by atoms with Crippen molar-refractivity contribution in [2.45, 2.75) is 0 Å². The molecule has 0 unspecified atom stereocenters. The van der Waals surface area contributed by atoms with Crippen LogP contribution < -0.4 is 5.56 Å². The highest BCUT2D eigenvalue weighted by Crippen LogP contribution is 2.39. The van der Waals surface area contributed by atoms with Gasteiger partial charge in [0.25, 0.3) is 5.56 Å². The second-order valence-corrected chi connectivity index (χ2v) is 15.8. The molecule has 0 aliphatic carbocycles. The highest BCUT2D eigenvalue weighted by atomic mass is 16.1. The highest BCUT2D eigenvalue weighted by Gasteiger charge is 2.23. The van der Waals surface area contributed by atoms with Gasteiger partial charge in [0.15, 0.2) is 11.6 Å². The van der Waals surface area contributed by atoms with E-state index in [1.807, 2.05) is 114 Å². The van der Waals surface area contributed by atoms with Crippen molar-refractivity contribution in [1.29, 1.82) is 0 Å². The molecule has 8 heteroatoms. The maximum atomic E-state index is 14.6. The van der Waals surface area contributed by atoms with Crippen molar-refractivity contribution < 1.29 is 0 Å². The largest absolute Gasteiger partial charge is 0.278 e. The van der Waals surface area contributed by atoms with Gasteiger partial charge in [0.1, 0.15) is 11.3 Å². The quantitative estimate of drug-likeness (QED) is 0.162. The third kappa shape index (κ3) is 5.31. The summed E-state index contributed by atoms with van der Waals surface area (Å²) >= 11 is 0. The highest BCUT2D eigenvalue weighted by molar-refractivity contribution is 6.22. The van der Waals surface area contributed by atoms with Gasteiger partial charge in [-0.25, -0.2) is 9.97 Å². The monoisotopic (exact) mass is 807 g/mol. The van der Waals surface area contributed by atoms with Gasteiger partial charge >= 0.3 is 0 Å². The Kier molecular flexibility index (Phi) is 7.59. The van der Waals surface area contributed by atoms with Crippen LogP contribution in [-0.4, -0.2) is 33.5 Å². The first-order valence-electron chi connectivity index (χ1n) is 20.9. The Morgan fingerprint density at radius 2 is 0.889 bits per heavy atom. The van der Waals surface area contributed by atoms with E-state index < -0.39 is 0 Å². The fourth-order valence-electron chi connectivity index (χ4n) is 9.45. The Balaban J connectivity index is 1.04. The molecule has 13 aromatic rings. The van der Waals surface area contributed by atoms with Gasteiger partial charge < -0.3 is 0 Å². The lowest BCUT2D eigenvalue weighted by atomic mass is 10.0. The second kappa shape index (κ2) is 13.6. The smallest absolute Gasteiger partial charge is 0.264 e. The number of pyridine rings is 2. The van der Waals surface area contributed by atoms with Crippen LogP contribution in [0.1, 0.15) is 0 Å². The zero-order valence-corrected chi connectivity index (χ0v) is 33.6. The van der Waals surface area contributed by atoms with E-state index in [2.05, 4.69) is 100.0 Å². The molecule has 0 fully saturated rings. The molecule has 8 nitrogen and oxygen atoms in total. The average molecular weight is 808 g/mol. The molecule has 0 radical (unpaired) electrons. The molecule has 0 saturated carbocycles. The number of imidazole rings is 1. The van der Waals surface area contributed by atoms with Gasteiger partial charge in [-0.3, -0.25) is 18.3 Å². The standard InChI is InChI=1S/C55H33N7O/c63-54-43-26-13-11-24-41(43)49-40-23-10-12-25-42(40)52-56-45-33-37(29-31-48(45)62(52)53(49)60(54)38-20-8-3-9-21-38)36-28-30-47-44(32-36)39-22-14-15-27-46(39)61(47)55-58-50(34-16-4-1-5-17-34)57-51(59-55)35-18-6-2-7-19-35/h1-33H. The zero-order valence-electron chi connectivity index (χ0n) is 33.6. The number of benzene rings is 8. The molecule has 0 saturated heterocycles. The van der Waals surface area contributed by atoms with Crippen molar-refractivity contribution in [3.05, 3.63) is 211 Å². The minimum absolute atomic E-state index is 0.0726. The van der Waals surface area contributed by atoms with Crippen molar-refractivity contribution in [3.63, 3.8) is 0 Å². The lowest BCUT2D eigenvalue weighted by Gasteiger charge is -2.17. The molecule has 0 N–H and O–H groups in total. The summed E-state index contributed by atoms with van der Waals surface area (Å²) in [4.78, 5) is 35.1. The van der Waals surface area contributed by atoms with Crippen LogP contribution in [-0.2, 0) is 0 Å². The fraction of sp³-hybridized carbons (Fsp3) is 0. The molecule has 0 spiro atoms. The molecule has 0 aliphatic rings. The minimum Gasteiger partial charge on any atom is -0.278 e. The Labute approximate surface area is 359 Å². The second-order valence-electron chi connectivity index (χ2n) is 15.8. The van der Waals surface area contributed by atoms with Crippen LogP contribution in [0.5, 0.6) is 0 Å². The molecule has 13 rings (SSSR count). The summed E-state index contributed by atoms with van der Waals surface area (Å²) in [6.07, 6.45) is 0. The molecule has 0 bridgehead atoms. The Bertz CT molecular complexity index is 3980. The van der Waals surface area contributed by atoms with Crippen molar-refractivity contribution in [2.75, 3.05) is 0 Å². The summed E-state index contributed by atoms with van der Waals surface area (Å²) in [5.74, 6) is 1.77. The first kappa shape index (κ1) is 35.0. The van der Waals surface area contributed by atoms with E-state index in [0.717, 1.165) is 93.6 Å². The van der Waals surface area contributed by atoms with E-state index in [4.69, 9.17) is 19.9 Å². The van der Waals surface area contributed by atoms with Crippen LogP contribution >= 0.6 is 0 Å². The Hall–Kier alpha value is -8.75. The molecule has 0 atom stereocenters. The maximum Gasteiger partial charge on any atom is 0.264 e. The average Bonchev–Trinajstić information content (AvgIpc) is 3.91. The van der Waals surface area contributed by atoms with Gasteiger partial charge in [0.2, 0.25) is 5.95 Å². The van der Waals surface area contributed by atoms with Crippen LogP contribution in [0.3, 0.4) is 0 Å². The first-order valence-corrected chi connectivity index (χ1v) is 20.9. The number of aromatic nitrogens is 7. The number of rotatable bonds is 5. The van der Waals surface area contributed by atoms with E-state index in [1.54, 1.807) is 0 Å². The van der Waals surface area contributed by atoms with Crippen LogP contribution in [0.25, 0.3) is 117 Å². The molecule has 63 heavy (non-hydrogen) atoms. The lowest BCUT2D eigenvalue weighted by molar-refractivity contribution is 0.953. The van der Waals surface area contributed by atoms with Crippen molar-refractivity contribution >= 4 is 71.1 Å².